The van der Waals surface area contributed by atoms with Gasteiger partial charge >= 0.3 is 0 Å². The predicted molar refractivity (Wildman–Crippen MR) is 47.4 cm³/mol. The molecule has 0 aliphatic carbocycles. The van der Waals surface area contributed by atoms with Gasteiger partial charge in [0.25, 0.3) is 5.91 Å². The van der Waals surface area contributed by atoms with Crippen LogP contribution in [-0.4, -0.2) is 35.6 Å². The fourth-order valence-electron chi connectivity index (χ4n) is 0.684. The van der Waals surface area contributed by atoms with Crippen LogP contribution in [0.2, 0.25) is 0 Å². The van der Waals surface area contributed by atoms with Crippen LogP contribution in [0, 0.1) is 11.8 Å². The third kappa shape index (κ3) is 4.75. The smallest absolute Gasteiger partial charge is 0.298 e. The minimum absolute atomic E-state index is 0.196. The number of amides is 1. The SMILES string of the molecule is CC#CC(=O)N(C)CCC(C)O. The summed E-state index contributed by atoms with van der Waals surface area (Å²) in [6.07, 6.45) is 0.225. The molecule has 1 N–H and O–H groups in total. The molecule has 12 heavy (non-hydrogen) atoms. The molecular weight excluding hydrogens is 154 g/mol. The average Bonchev–Trinajstić information content (AvgIpc) is 2.00. The normalized spacial score (nSPS) is 11.3. The van der Waals surface area contributed by atoms with Crippen molar-refractivity contribution in [2.75, 3.05) is 13.6 Å². The Hall–Kier alpha value is -1.01. The number of rotatable bonds is 3. The first kappa shape index (κ1) is 11.0. The maximum Gasteiger partial charge on any atom is 0.298 e. The Morgan fingerprint density at radius 2 is 2.25 bits per heavy atom. The molecule has 0 bridgehead atoms. The van der Waals surface area contributed by atoms with Gasteiger partial charge in [-0.3, -0.25) is 4.79 Å². The third-order valence-corrected chi connectivity index (χ3v) is 1.46. The van der Waals surface area contributed by atoms with Gasteiger partial charge in [-0.1, -0.05) is 5.92 Å². The van der Waals surface area contributed by atoms with Gasteiger partial charge in [-0.2, -0.15) is 0 Å². The molecule has 1 unspecified atom stereocenters. The van der Waals surface area contributed by atoms with Crippen LogP contribution in [0.15, 0.2) is 0 Å². The number of hydrogen-bond acceptors (Lipinski definition) is 2. The molecule has 0 fully saturated rings. The van der Waals surface area contributed by atoms with Crippen LogP contribution in [0.5, 0.6) is 0 Å². The van der Waals surface area contributed by atoms with Gasteiger partial charge < -0.3 is 10.0 Å². The topological polar surface area (TPSA) is 40.5 Å². The Morgan fingerprint density at radius 1 is 1.67 bits per heavy atom. The summed E-state index contributed by atoms with van der Waals surface area (Å²) < 4.78 is 0. The van der Waals surface area contributed by atoms with Gasteiger partial charge in [0.2, 0.25) is 0 Å². The number of aliphatic hydroxyl groups is 1. The Labute approximate surface area is 73.4 Å². The summed E-state index contributed by atoms with van der Waals surface area (Å²) in [5.41, 5.74) is 0. The molecule has 0 aromatic heterocycles. The quantitative estimate of drug-likeness (QED) is 0.615. The summed E-state index contributed by atoms with van der Waals surface area (Å²) in [6, 6.07) is 0. The summed E-state index contributed by atoms with van der Waals surface area (Å²) in [4.78, 5) is 12.5. The van der Waals surface area contributed by atoms with Crippen molar-refractivity contribution in [2.45, 2.75) is 26.4 Å². The summed E-state index contributed by atoms with van der Waals surface area (Å²) in [6.45, 7) is 3.87. The van der Waals surface area contributed by atoms with Crippen molar-refractivity contribution in [3.05, 3.63) is 0 Å². The van der Waals surface area contributed by atoms with E-state index in [1.165, 1.54) is 4.90 Å². The van der Waals surface area contributed by atoms with Crippen LogP contribution in [-0.2, 0) is 4.79 Å². The molecule has 0 aliphatic heterocycles. The van der Waals surface area contributed by atoms with Gasteiger partial charge in [0, 0.05) is 13.6 Å². The van der Waals surface area contributed by atoms with Crippen molar-refractivity contribution in [2.24, 2.45) is 0 Å². The van der Waals surface area contributed by atoms with Crippen LogP contribution >= 0.6 is 0 Å². The lowest BCUT2D eigenvalue weighted by Gasteiger charge is -2.14. The monoisotopic (exact) mass is 169 g/mol. The van der Waals surface area contributed by atoms with Gasteiger partial charge in [-0.05, 0) is 26.2 Å². The molecule has 3 heteroatoms. The molecule has 1 amide bonds. The molecule has 3 nitrogen and oxygen atoms in total. The zero-order valence-electron chi connectivity index (χ0n) is 7.79. The number of carbonyl (C=O) groups excluding carboxylic acids is 1. The molecule has 68 valence electrons. The molecule has 1 atom stereocenters. The summed E-state index contributed by atoms with van der Waals surface area (Å²) >= 11 is 0. The van der Waals surface area contributed by atoms with E-state index in [0.29, 0.717) is 13.0 Å². The Balaban J connectivity index is 3.77. The summed E-state index contributed by atoms with van der Waals surface area (Å²) in [7, 11) is 1.68. The highest BCUT2D eigenvalue weighted by Gasteiger charge is 2.05. The van der Waals surface area contributed by atoms with E-state index in [4.69, 9.17) is 5.11 Å². The molecule has 0 rings (SSSR count). The highest BCUT2D eigenvalue weighted by atomic mass is 16.3. The fourth-order valence-corrected chi connectivity index (χ4v) is 0.684. The van der Waals surface area contributed by atoms with Gasteiger partial charge in [0.05, 0.1) is 6.10 Å². The predicted octanol–water partition coefficient (Wildman–Crippen LogP) is 0.239. The van der Waals surface area contributed by atoms with Gasteiger partial charge in [-0.25, -0.2) is 0 Å². The van der Waals surface area contributed by atoms with Gasteiger partial charge in [0.15, 0.2) is 0 Å². The van der Waals surface area contributed by atoms with E-state index < -0.39 is 0 Å². The van der Waals surface area contributed by atoms with E-state index in [-0.39, 0.29) is 12.0 Å². The molecule has 0 heterocycles. The minimum Gasteiger partial charge on any atom is -0.393 e. The first-order valence-corrected chi connectivity index (χ1v) is 3.93. The van der Waals surface area contributed by atoms with E-state index in [2.05, 4.69) is 11.8 Å². The van der Waals surface area contributed by atoms with E-state index in [9.17, 15) is 4.79 Å². The largest absolute Gasteiger partial charge is 0.393 e. The number of hydrogen-bond donors (Lipinski definition) is 1. The Kier molecular flexibility index (Phi) is 5.14. The molecule has 0 aromatic rings. The lowest BCUT2D eigenvalue weighted by Crippen LogP contribution is -2.28. The molecular formula is C9H15NO2. The molecule has 0 spiro atoms. The van der Waals surface area contributed by atoms with Crippen LogP contribution in [0.3, 0.4) is 0 Å². The summed E-state index contributed by atoms with van der Waals surface area (Å²) in [5.74, 6) is 4.76. The highest BCUT2D eigenvalue weighted by molar-refractivity contribution is 5.93. The molecule has 0 saturated carbocycles. The van der Waals surface area contributed by atoms with Crippen LogP contribution < -0.4 is 0 Å². The zero-order valence-corrected chi connectivity index (χ0v) is 7.79. The van der Waals surface area contributed by atoms with Crippen molar-refractivity contribution in [3.63, 3.8) is 0 Å². The average molecular weight is 169 g/mol. The highest BCUT2D eigenvalue weighted by Crippen LogP contribution is 1.92. The number of nitrogens with zero attached hydrogens (tertiary/aromatic N) is 1. The lowest BCUT2D eigenvalue weighted by molar-refractivity contribution is -0.124. The van der Waals surface area contributed by atoms with Crippen molar-refractivity contribution < 1.29 is 9.90 Å². The maximum atomic E-state index is 11.0. The number of carbonyl (C=O) groups is 1. The third-order valence-electron chi connectivity index (χ3n) is 1.46. The van der Waals surface area contributed by atoms with Crippen LogP contribution in [0.4, 0.5) is 0 Å². The molecule has 0 radical (unpaired) electrons. The lowest BCUT2D eigenvalue weighted by atomic mass is 10.3. The van der Waals surface area contributed by atoms with Crippen molar-refractivity contribution in [1.29, 1.82) is 0 Å². The molecule has 0 saturated heterocycles. The standard InChI is InChI=1S/C9H15NO2/c1-4-5-9(12)10(3)7-6-8(2)11/h8,11H,6-7H2,1-3H3. The second-order valence-corrected chi connectivity index (χ2v) is 2.74. The second-order valence-electron chi connectivity index (χ2n) is 2.74. The summed E-state index contributed by atoms with van der Waals surface area (Å²) in [5, 5.41) is 8.94. The Morgan fingerprint density at radius 3 is 2.67 bits per heavy atom. The van der Waals surface area contributed by atoms with Crippen molar-refractivity contribution in [1.82, 2.24) is 4.90 Å². The van der Waals surface area contributed by atoms with Crippen LogP contribution in [0.1, 0.15) is 20.3 Å². The van der Waals surface area contributed by atoms with E-state index in [0.717, 1.165) is 0 Å². The van der Waals surface area contributed by atoms with Gasteiger partial charge in [0.1, 0.15) is 0 Å². The molecule has 0 aliphatic rings. The molecule has 0 aromatic carbocycles. The van der Waals surface area contributed by atoms with Crippen molar-refractivity contribution >= 4 is 5.91 Å². The van der Waals surface area contributed by atoms with Crippen molar-refractivity contribution in [3.8, 4) is 11.8 Å². The minimum atomic E-state index is -0.366. The van der Waals surface area contributed by atoms with Gasteiger partial charge in [-0.15, -0.1) is 0 Å². The fraction of sp³-hybridized carbons (Fsp3) is 0.667. The Bertz CT molecular complexity index is 200. The first-order chi connectivity index (χ1) is 5.57. The van der Waals surface area contributed by atoms with E-state index in [1.54, 1.807) is 20.9 Å². The van der Waals surface area contributed by atoms with E-state index in [1.807, 2.05) is 0 Å². The van der Waals surface area contributed by atoms with E-state index >= 15 is 0 Å². The first-order valence-electron chi connectivity index (χ1n) is 3.93. The zero-order chi connectivity index (χ0) is 9.56. The van der Waals surface area contributed by atoms with Crippen LogP contribution in [0.25, 0.3) is 0 Å². The number of aliphatic hydroxyl groups excluding tert-OH is 1. The second kappa shape index (κ2) is 5.62. The maximum absolute atomic E-state index is 11.0.